The molecule has 0 saturated carbocycles. The zero-order valence-corrected chi connectivity index (χ0v) is 23.7. The minimum atomic E-state index is -1.20. The number of nitrogens with zero attached hydrogens (tertiary/aromatic N) is 3. The lowest BCUT2D eigenvalue weighted by molar-refractivity contribution is -0.142. The van der Waals surface area contributed by atoms with Crippen molar-refractivity contribution in [1.82, 2.24) is 14.9 Å². The van der Waals surface area contributed by atoms with E-state index in [1.165, 1.54) is 11.0 Å². The first kappa shape index (κ1) is 28.3. The van der Waals surface area contributed by atoms with Crippen LogP contribution in [0.4, 0.5) is 0 Å². The number of carbonyl (C=O) groups excluding carboxylic acids is 1. The van der Waals surface area contributed by atoms with Crippen molar-refractivity contribution in [1.29, 1.82) is 0 Å². The molecule has 0 spiro atoms. The van der Waals surface area contributed by atoms with Gasteiger partial charge >= 0.3 is 5.97 Å². The van der Waals surface area contributed by atoms with Gasteiger partial charge < -0.3 is 15.1 Å². The molecule has 216 valence electrons. The quantitative estimate of drug-likeness (QED) is 0.191. The zero-order valence-electron chi connectivity index (χ0n) is 23.7. The molecule has 2 heterocycles. The third kappa shape index (κ3) is 6.17. The minimum absolute atomic E-state index is 0.0309. The lowest BCUT2D eigenvalue weighted by Crippen LogP contribution is -2.46. The number of aromatic nitrogens is 2. The molecule has 6 rings (SSSR count). The Morgan fingerprint density at radius 2 is 1.20 bits per heavy atom. The topological polar surface area (TPSA) is 104 Å². The largest absolute Gasteiger partial charge is 0.507 e. The summed E-state index contributed by atoms with van der Waals surface area (Å²) in [6.07, 6.45) is 7.04. The maximum absolute atomic E-state index is 14.2. The maximum Gasteiger partial charge on any atom is 0.326 e. The first-order chi connectivity index (χ1) is 21.5. The number of benzene rings is 4. The monoisotopic (exact) mass is 579 g/mol. The molecule has 44 heavy (non-hydrogen) atoms. The van der Waals surface area contributed by atoms with Gasteiger partial charge in [-0.3, -0.25) is 14.8 Å². The molecule has 0 radical (unpaired) electrons. The van der Waals surface area contributed by atoms with Gasteiger partial charge in [-0.25, -0.2) is 4.79 Å². The van der Waals surface area contributed by atoms with Crippen LogP contribution >= 0.6 is 0 Å². The SMILES string of the molecule is O=C(O)C(Cc1ccc(-c2cccnc2)cc1)N(Cc1ccc(-c2cccnc2)cc1)C(=O)c1cc2ccccc2cc1O. The Morgan fingerprint density at radius 1 is 0.659 bits per heavy atom. The number of aliphatic carboxylic acids is 1. The molecule has 0 aliphatic heterocycles. The number of carboxylic acid groups (broad SMARTS) is 1. The third-order valence-corrected chi connectivity index (χ3v) is 7.70. The number of aromatic hydroxyl groups is 1. The summed E-state index contributed by atoms with van der Waals surface area (Å²) < 4.78 is 0. The van der Waals surface area contributed by atoms with E-state index in [9.17, 15) is 19.8 Å². The van der Waals surface area contributed by atoms with Crippen molar-refractivity contribution >= 4 is 22.6 Å². The average Bonchev–Trinajstić information content (AvgIpc) is 3.07. The number of carboxylic acids is 1. The van der Waals surface area contributed by atoms with Crippen LogP contribution in [0.1, 0.15) is 21.5 Å². The molecule has 7 heteroatoms. The lowest BCUT2D eigenvalue weighted by Gasteiger charge is -2.30. The molecule has 0 bridgehead atoms. The van der Waals surface area contributed by atoms with Gasteiger partial charge in [0.15, 0.2) is 0 Å². The summed E-state index contributed by atoms with van der Waals surface area (Å²) in [5.41, 5.74) is 5.38. The summed E-state index contributed by atoms with van der Waals surface area (Å²) >= 11 is 0. The van der Waals surface area contributed by atoms with E-state index in [0.717, 1.165) is 44.2 Å². The summed E-state index contributed by atoms with van der Waals surface area (Å²) in [6.45, 7) is 0.0309. The number of rotatable bonds is 9. The minimum Gasteiger partial charge on any atom is -0.507 e. The van der Waals surface area contributed by atoms with Crippen LogP contribution in [0, 0.1) is 0 Å². The first-order valence-electron chi connectivity index (χ1n) is 14.2. The zero-order chi connectivity index (χ0) is 30.5. The highest BCUT2D eigenvalue weighted by atomic mass is 16.4. The average molecular weight is 580 g/mol. The number of amides is 1. The Balaban J connectivity index is 1.35. The standard InChI is InChI=1S/C37H29N3O4/c41-35-21-30-6-2-1-5-29(30)20-33(35)36(42)40(24-26-11-15-28(16-12-26)32-8-4-18-39-23-32)34(37(43)44)19-25-9-13-27(14-10-25)31-7-3-17-38-22-31/h1-18,20-23,34,41H,19,24H2,(H,43,44). The summed E-state index contributed by atoms with van der Waals surface area (Å²) in [5, 5.41) is 22.9. The Kier molecular flexibility index (Phi) is 8.10. The van der Waals surface area contributed by atoms with Crippen molar-refractivity contribution in [3.05, 3.63) is 151 Å². The molecule has 1 unspecified atom stereocenters. The molecule has 1 atom stereocenters. The molecule has 6 aromatic rings. The van der Waals surface area contributed by atoms with Crippen molar-refractivity contribution in [2.45, 2.75) is 19.0 Å². The van der Waals surface area contributed by atoms with E-state index < -0.39 is 17.9 Å². The third-order valence-electron chi connectivity index (χ3n) is 7.70. The van der Waals surface area contributed by atoms with Gasteiger partial charge in [0.2, 0.25) is 0 Å². The number of phenols is 1. The molecule has 0 saturated heterocycles. The van der Waals surface area contributed by atoms with Gasteiger partial charge in [-0.2, -0.15) is 0 Å². The Morgan fingerprint density at radius 3 is 1.73 bits per heavy atom. The Bertz CT molecular complexity index is 1910. The molecule has 7 nitrogen and oxygen atoms in total. The number of pyridine rings is 2. The molecule has 4 aromatic carbocycles. The molecule has 0 aliphatic carbocycles. The van der Waals surface area contributed by atoms with Crippen LogP contribution in [0.2, 0.25) is 0 Å². The molecule has 0 aliphatic rings. The van der Waals surface area contributed by atoms with Crippen molar-refractivity contribution in [2.24, 2.45) is 0 Å². The van der Waals surface area contributed by atoms with E-state index in [4.69, 9.17) is 0 Å². The van der Waals surface area contributed by atoms with Crippen molar-refractivity contribution in [3.63, 3.8) is 0 Å². The van der Waals surface area contributed by atoms with Gasteiger partial charge in [0.1, 0.15) is 11.8 Å². The second kappa shape index (κ2) is 12.6. The molecule has 0 fully saturated rings. The number of hydrogen-bond donors (Lipinski definition) is 2. The summed E-state index contributed by atoms with van der Waals surface area (Å²) in [4.78, 5) is 36.7. The number of hydrogen-bond acceptors (Lipinski definition) is 5. The first-order valence-corrected chi connectivity index (χ1v) is 14.2. The predicted octanol–water partition coefficient (Wildman–Crippen LogP) is 7.01. The molecule has 1 amide bonds. The van der Waals surface area contributed by atoms with Crippen LogP contribution in [0.25, 0.3) is 33.0 Å². The van der Waals surface area contributed by atoms with Crippen LogP contribution in [0.5, 0.6) is 5.75 Å². The van der Waals surface area contributed by atoms with Crippen molar-refractivity contribution < 1.29 is 19.8 Å². The highest BCUT2D eigenvalue weighted by Crippen LogP contribution is 2.29. The molecule has 2 aromatic heterocycles. The second-order valence-electron chi connectivity index (χ2n) is 10.6. The van der Waals surface area contributed by atoms with Crippen LogP contribution in [-0.4, -0.2) is 43.0 Å². The summed E-state index contributed by atoms with van der Waals surface area (Å²) in [6, 6.07) is 32.2. The van der Waals surface area contributed by atoms with Crippen LogP contribution in [0.3, 0.4) is 0 Å². The maximum atomic E-state index is 14.2. The second-order valence-corrected chi connectivity index (χ2v) is 10.6. The van der Waals surface area contributed by atoms with Crippen molar-refractivity contribution in [3.8, 4) is 28.0 Å². The van der Waals surface area contributed by atoms with Gasteiger partial charge in [0.25, 0.3) is 5.91 Å². The molecule has 2 N–H and O–H groups in total. The number of fused-ring (bicyclic) bond motifs is 1. The Labute approximate surface area is 254 Å². The normalized spacial score (nSPS) is 11.6. The smallest absolute Gasteiger partial charge is 0.326 e. The van der Waals surface area contributed by atoms with Gasteiger partial charge in [-0.1, -0.05) is 84.9 Å². The van der Waals surface area contributed by atoms with E-state index in [0.29, 0.717) is 0 Å². The van der Waals surface area contributed by atoms with Gasteiger partial charge in [0.05, 0.1) is 5.56 Å². The fourth-order valence-corrected chi connectivity index (χ4v) is 5.33. The van der Waals surface area contributed by atoms with E-state index >= 15 is 0 Å². The van der Waals surface area contributed by atoms with E-state index in [1.807, 2.05) is 97.1 Å². The van der Waals surface area contributed by atoms with Gasteiger partial charge in [-0.15, -0.1) is 0 Å². The van der Waals surface area contributed by atoms with E-state index in [-0.39, 0.29) is 24.3 Å². The number of carbonyl (C=O) groups is 2. The van der Waals surface area contributed by atoms with Gasteiger partial charge in [0, 0.05) is 37.8 Å². The van der Waals surface area contributed by atoms with E-state index in [2.05, 4.69) is 9.97 Å². The fraction of sp³-hybridized carbons (Fsp3) is 0.0811. The van der Waals surface area contributed by atoms with Crippen LogP contribution in [-0.2, 0) is 17.8 Å². The Hall–Kier alpha value is -5.82. The van der Waals surface area contributed by atoms with E-state index in [1.54, 1.807) is 30.9 Å². The van der Waals surface area contributed by atoms with Crippen LogP contribution in [0.15, 0.2) is 134 Å². The summed E-state index contributed by atoms with van der Waals surface area (Å²) in [7, 11) is 0. The lowest BCUT2D eigenvalue weighted by atomic mass is 9.98. The fourth-order valence-electron chi connectivity index (χ4n) is 5.33. The van der Waals surface area contributed by atoms with Crippen LogP contribution < -0.4 is 0 Å². The molecular formula is C37H29N3O4. The highest BCUT2D eigenvalue weighted by Gasteiger charge is 2.32. The summed E-state index contributed by atoms with van der Waals surface area (Å²) in [5.74, 6) is -1.90. The molecular weight excluding hydrogens is 550 g/mol. The van der Waals surface area contributed by atoms with Crippen molar-refractivity contribution in [2.75, 3.05) is 0 Å². The predicted molar refractivity (Wildman–Crippen MR) is 170 cm³/mol. The number of phenolic OH excluding ortho intramolecular Hbond substituents is 1. The van der Waals surface area contributed by atoms with Gasteiger partial charge in [-0.05, 0) is 68.4 Å². The highest BCUT2D eigenvalue weighted by molar-refractivity contribution is 6.02.